The molecule has 2 fully saturated rings. The van der Waals surface area contributed by atoms with Crippen LogP contribution in [-0.2, 0) is 16.0 Å². The van der Waals surface area contributed by atoms with Crippen LogP contribution in [-0.4, -0.2) is 18.5 Å². The highest BCUT2D eigenvalue weighted by Crippen LogP contribution is 2.35. The van der Waals surface area contributed by atoms with Gasteiger partial charge in [0.25, 0.3) is 0 Å². The molecule has 2 aliphatic rings. The number of rotatable bonds is 6. The van der Waals surface area contributed by atoms with Gasteiger partial charge < -0.3 is 15.2 Å². The summed E-state index contributed by atoms with van der Waals surface area (Å²) in [6.07, 6.45) is 6.32. The molecular formula is C18H23NO4. The fourth-order valence-electron chi connectivity index (χ4n) is 2.71. The maximum atomic E-state index is 12.1. The second-order valence-corrected chi connectivity index (χ2v) is 6.42. The van der Waals surface area contributed by atoms with E-state index in [0.29, 0.717) is 24.5 Å². The number of benzene rings is 1. The Bertz CT molecular complexity index is 591. The lowest BCUT2D eigenvalue weighted by atomic mass is 9.85. The van der Waals surface area contributed by atoms with E-state index in [0.717, 1.165) is 44.1 Å². The maximum absolute atomic E-state index is 12.1. The van der Waals surface area contributed by atoms with Crippen molar-refractivity contribution in [1.82, 2.24) is 0 Å². The molecule has 2 N–H and O–H groups in total. The third-order valence-electron chi connectivity index (χ3n) is 4.74. The van der Waals surface area contributed by atoms with Crippen LogP contribution in [0.25, 0.3) is 0 Å². The second-order valence-electron chi connectivity index (χ2n) is 6.42. The Hall–Kier alpha value is -1.88. The molecular weight excluding hydrogens is 294 g/mol. The maximum Gasteiger partial charge on any atom is 0.314 e. The van der Waals surface area contributed by atoms with Gasteiger partial charge in [-0.1, -0.05) is 18.9 Å². The van der Waals surface area contributed by atoms with Gasteiger partial charge in [-0.15, -0.1) is 0 Å². The van der Waals surface area contributed by atoms with E-state index in [1.54, 1.807) is 12.1 Å². The molecule has 0 saturated heterocycles. The van der Waals surface area contributed by atoms with Crippen LogP contribution in [0.3, 0.4) is 0 Å². The molecule has 0 atom stereocenters. The van der Waals surface area contributed by atoms with Gasteiger partial charge in [-0.2, -0.15) is 0 Å². The van der Waals surface area contributed by atoms with Crippen LogP contribution in [0.15, 0.2) is 18.2 Å². The number of carbonyl (C=O) groups is 2. The fourth-order valence-corrected chi connectivity index (χ4v) is 2.71. The average Bonchev–Trinajstić information content (AvgIpc) is 2.38. The topological polar surface area (TPSA) is 78.6 Å². The molecule has 5 nitrogen and oxygen atoms in total. The zero-order chi connectivity index (χ0) is 16.2. The van der Waals surface area contributed by atoms with Crippen LogP contribution >= 0.6 is 0 Å². The Labute approximate surface area is 136 Å². The molecule has 0 aliphatic heterocycles. The van der Waals surface area contributed by atoms with Gasteiger partial charge in [-0.05, 0) is 56.3 Å². The van der Waals surface area contributed by atoms with Crippen molar-refractivity contribution in [1.29, 1.82) is 0 Å². The Morgan fingerprint density at radius 2 is 1.52 bits per heavy atom. The summed E-state index contributed by atoms with van der Waals surface area (Å²) in [4.78, 5) is 24.2. The lowest BCUT2D eigenvalue weighted by molar-refractivity contribution is -0.144. The quantitative estimate of drug-likeness (QED) is 0.644. The van der Waals surface area contributed by atoms with Gasteiger partial charge in [-0.25, -0.2) is 0 Å². The Kier molecular flexibility index (Phi) is 4.96. The van der Waals surface area contributed by atoms with E-state index in [-0.39, 0.29) is 23.8 Å². The third kappa shape index (κ3) is 3.72. The summed E-state index contributed by atoms with van der Waals surface area (Å²) < 4.78 is 11.0. The molecule has 0 unspecified atom stereocenters. The first kappa shape index (κ1) is 16.0. The molecule has 0 spiro atoms. The number of nitrogens with two attached hydrogens (primary N) is 1. The molecule has 124 valence electrons. The molecule has 3 rings (SSSR count). The standard InChI is InChI=1S/C18H23NO4/c19-10-9-12-7-8-15(22-17(20)13-3-1-4-13)16(11-12)23-18(21)14-5-2-6-14/h7-8,11,13-14H,1-6,9-10,19H2. The van der Waals surface area contributed by atoms with E-state index in [1.165, 1.54) is 0 Å². The summed E-state index contributed by atoms with van der Waals surface area (Å²) in [5.74, 6) is 0.152. The van der Waals surface area contributed by atoms with Gasteiger partial charge in [0, 0.05) is 0 Å². The van der Waals surface area contributed by atoms with E-state index in [9.17, 15) is 9.59 Å². The highest BCUT2D eigenvalue weighted by Gasteiger charge is 2.30. The number of carbonyl (C=O) groups excluding carboxylic acids is 2. The highest BCUT2D eigenvalue weighted by molar-refractivity contribution is 5.79. The van der Waals surface area contributed by atoms with Gasteiger partial charge in [0.2, 0.25) is 0 Å². The van der Waals surface area contributed by atoms with Crippen molar-refractivity contribution >= 4 is 11.9 Å². The Balaban J connectivity index is 1.75. The second kappa shape index (κ2) is 7.13. The Morgan fingerprint density at radius 1 is 0.957 bits per heavy atom. The molecule has 0 aromatic heterocycles. The molecule has 2 aliphatic carbocycles. The van der Waals surface area contributed by atoms with Crippen molar-refractivity contribution in [2.75, 3.05) is 6.54 Å². The van der Waals surface area contributed by atoms with Crippen molar-refractivity contribution in [3.63, 3.8) is 0 Å². The van der Waals surface area contributed by atoms with Crippen molar-refractivity contribution in [3.05, 3.63) is 23.8 Å². The summed E-state index contributed by atoms with van der Waals surface area (Å²) in [6, 6.07) is 5.31. The van der Waals surface area contributed by atoms with Gasteiger partial charge in [0.15, 0.2) is 11.5 Å². The van der Waals surface area contributed by atoms with Crippen molar-refractivity contribution in [2.24, 2.45) is 17.6 Å². The van der Waals surface area contributed by atoms with Gasteiger partial charge >= 0.3 is 11.9 Å². The summed E-state index contributed by atoms with van der Waals surface area (Å²) >= 11 is 0. The molecule has 2 saturated carbocycles. The van der Waals surface area contributed by atoms with E-state index < -0.39 is 0 Å². The van der Waals surface area contributed by atoms with Crippen LogP contribution in [0.4, 0.5) is 0 Å². The number of hydrogen-bond donors (Lipinski definition) is 1. The first-order chi connectivity index (χ1) is 11.2. The lowest BCUT2D eigenvalue weighted by Gasteiger charge is -2.25. The summed E-state index contributed by atoms with van der Waals surface area (Å²) in [6.45, 7) is 0.511. The van der Waals surface area contributed by atoms with Crippen LogP contribution < -0.4 is 15.2 Å². The molecule has 5 heteroatoms. The largest absolute Gasteiger partial charge is 0.422 e. The Morgan fingerprint density at radius 3 is 2.00 bits per heavy atom. The predicted molar refractivity (Wildman–Crippen MR) is 85.2 cm³/mol. The van der Waals surface area contributed by atoms with Gasteiger partial charge in [0.1, 0.15) is 0 Å². The smallest absolute Gasteiger partial charge is 0.314 e. The van der Waals surface area contributed by atoms with E-state index in [1.807, 2.05) is 6.07 Å². The normalized spacial score (nSPS) is 18.0. The summed E-state index contributed by atoms with van der Waals surface area (Å²) in [7, 11) is 0. The van der Waals surface area contributed by atoms with Crippen LogP contribution in [0.5, 0.6) is 11.5 Å². The van der Waals surface area contributed by atoms with Gasteiger partial charge in [-0.3, -0.25) is 9.59 Å². The number of esters is 2. The molecule has 0 bridgehead atoms. The predicted octanol–water partition coefficient (Wildman–Crippen LogP) is 2.60. The minimum Gasteiger partial charge on any atom is -0.422 e. The summed E-state index contributed by atoms with van der Waals surface area (Å²) in [5, 5.41) is 0. The van der Waals surface area contributed by atoms with Crippen molar-refractivity contribution in [2.45, 2.75) is 44.9 Å². The third-order valence-corrected chi connectivity index (χ3v) is 4.74. The lowest BCUT2D eigenvalue weighted by Crippen LogP contribution is -2.28. The molecule has 0 radical (unpaired) electrons. The highest BCUT2D eigenvalue weighted by atomic mass is 16.6. The van der Waals surface area contributed by atoms with Crippen molar-refractivity contribution < 1.29 is 19.1 Å². The van der Waals surface area contributed by atoms with E-state index >= 15 is 0 Å². The van der Waals surface area contributed by atoms with Crippen LogP contribution in [0, 0.1) is 11.8 Å². The molecule has 23 heavy (non-hydrogen) atoms. The van der Waals surface area contributed by atoms with Crippen LogP contribution in [0.2, 0.25) is 0 Å². The van der Waals surface area contributed by atoms with E-state index in [2.05, 4.69) is 0 Å². The zero-order valence-corrected chi connectivity index (χ0v) is 13.3. The van der Waals surface area contributed by atoms with Crippen molar-refractivity contribution in [3.8, 4) is 11.5 Å². The molecule has 0 amide bonds. The molecule has 0 heterocycles. The van der Waals surface area contributed by atoms with Crippen LogP contribution in [0.1, 0.15) is 44.1 Å². The average molecular weight is 317 g/mol. The number of hydrogen-bond acceptors (Lipinski definition) is 5. The first-order valence-electron chi connectivity index (χ1n) is 8.43. The molecule has 1 aromatic carbocycles. The molecule has 1 aromatic rings. The first-order valence-corrected chi connectivity index (χ1v) is 8.43. The van der Waals surface area contributed by atoms with E-state index in [4.69, 9.17) is 15.2 Å². The summed E-state index contributed by atoms with van der Waals surface area (Å²) in [5.41, 5.74) is 6.55. The SMILES string of the molecule is NCCc1ccc(OC(=O)C2CCC2)c(OC(=O)C2CCC2)c1. The minimum absolute atomic E-state index is 0.0195. The minimum atomic E-state index is -0.234. The monoisotopic (exact) mass is 317 g/mol. The zero-order valence-electron chi connectivity index (χ0n) is 13.3. The number of ether oxygens (including phenoxy) is 2. The van der Waals surface area contributed by atoms with Gasteiger partial charge in [0.05, 0.1) is 11.8 Å². The fraction of sp³-hybridized carbons (Fsp3) is 0.556.